The van der Waals surface area contributed by atoms with Crippen LogP contribution in [0.5, 0.6) is 0 Å². The van der Waals surface area contributed by atoms with Crippen molar-refractivity contribution in [2.75, 3.05) is 12.3 Å². The third-order valence-electron chi connectivity index (χ3n) is 4.70. The highest BCUT2D eigenvalue weighted by atomic mass is 32.2. The second-order valence-electron chi connectivity index (χ2n) is 6.59. The fourth-order valence-corrected chi connectivity index (χ4v) is 6.67. The SMILES string of the molecule is CC(=O)c1ccc(S(=O)(=O)N2CCCC2CS(=O)(=O)c2ccccc2)cc1. The molecule has 3 rings (SSSR count). The summed E-state index contributed by atoms with van der Waals surface area (Å²) >= 11 is 0. The molecule has 1 saturated heterocycles. The number of hydrogen-bond acceptors (Lipinski definition) is 5. The molecule has 0 aromatic heterocycles. The molecule has 2 aromatic rings. The Hall–Kier alpha value is -2.03. The molecule has 1 atom stereocenters. The van der Waals surface area contributed by atoms with E-state index >= 15 is 0 Å². The van der Waals surface area contributed by atoms with Gasteiger partial charge < -0.3 is 0 Å². The number of ketones is 1. The van der Waals surface area contributed by atoms with E-state index in [1.54, 1.807) is 18.2 Å². The lowest BCUT2D eigenvalue weighted by Crippen LogP contribution is -2.39. The summed E-state index contributed by atoms with van der Waals surface area (Å²) in [6.07, 6.45) is 1.11. The smallest absolute Gasteiger partial charge is 0.243 e. The van der Waals surface area contributed by atoms with Gasteiger partial charge in [0.1, 0.15) is 0 Å². The molecule has 1 aliphatic rings. The molecular weight excluding hydrogens is 386 g/mol. The molecule has 1 fully saturated rings. The highest BCUT2D eigenvalue weighted by Gasteiger charge is 2.38. The molecule has 0 saturated carbocycles. The Labute approximate surface area is 159 Å². The topological polar surface area (TPSA) is 88.6 Å². The molecule has 0 N–H and O–H groups in total. The van der Waals surface area contributed by atoms with E-state index in [0.717, 1.165) is 0 Å². The molecule has 6 nitrogen and oxygen atoms in total. The Morgan fingerprint density at radius 1 is 0.963 bits per heavy atom. The van der Waals surface area contributed by atoms with Gasteiger partial charge in [0, 0.05) is 18.2 Å². The van der Waals surface area contributed by atoms with Crippen molar-refractivity contribution in [3.63, 3.8) is 0 Å². The van der Waals surface area contributed by atoms with Crippen molar-refractivity contribution in [2.45, 2.75) is 35.6 Å². The van der Waals surface area contributed by atoms with E-state index in [1.807, 2.05) is 0 Å². The molecule has 1 heterocycles. The average Bonchev–Trinajstić information content (AvgIpc) is 3.11. The van der Waals surface area contributed by atoms with Crippen LogP contribution in [-0.2, 0) is 19.9 Å². The molecule has 0 amide bonds. The summed E-state index contributed by atoms with van der Waals surface area (Å²) in [5.74, 6) is -0.395. The first-order valence-electron chi connectivity index (χ1n) is 8.62. The normalized spacial score (nSPS) is 18.5. The van der Waals surface area contributed by atoms with E-state index in [0.29, 0.717) is 18.4 Å². The first-order chi connectivity index (χ1) is 12.7. The largest absolute Gasteiger partial charge is 0.295 e. The van der Waals surface area contributed by atoms with E-state index in [4.69, 9.17) is 0 Å². The van der Waals surface area contributed by atoms with E-state index in [9.17, 15) is 21.6 Å². The van der Waals surface area contributed by atoms with Crippen LogP contribution in [0.2, 0.25) is 0 Å². The summed E-state index contributed by atoms with van der Waals surface area (Å²) in [5.41, 5.74) is 0.429. The first-order valence-corrected chi connectivity index (χ1v) is 11.7. The molecule has 8 heteroatoms. The predicted octanol–water partition coefficient (Wildman–Crippen LogP) is 2.52. The van der Waals surface area contributed by atoms with Crippen molar-refractivity contribution in [3.8, 4) is 0 Å². The molecule has 2 aromatic carbocycles. The van der Waals surface area contributed by atoms with Crippen molar-refractivity contribution >= 4 is 25.6 Å². The van der Waals surface area contributed by atoms with Gasteiger partial charge in [-0.1, -0.05) is 30.3 Å². The fraction of sp³-hybridized carbons (Fsp3) is 0.316. The maximum absolute atomic E-state index is 13.0. The molecule has 27 heavy (non-hydrogen) atoms. The van der Waals surface area contributed by atoms with Gasteiger partial charge in [0.15, 0.2) is 15.6 Å². The third kappa shape index (κ3) is 4.12. The van der Waals surface area contributed by atoms with Crippen LogP contribution in [0.1, 0.15) is 30.1 Å². The van der Waals surface area contributed by atoms with Crippen molar-refractivity contribution in [1.29, 1.82) is 0 Å². The van der Waals surface area contributed by atoms with E-state index in [1.165, 1.54) is 47.6 Å². The van der Waals surface area contributed by atoms with E-state index < -0.39 is 25.9 Å². The number of rotatable bonds is 6. The van der Waals surface area contributed by atoms with Crippen LogP contribution in [0.4, 0.5) is 0 Å². The average molecular weight is 408 g/mol. The minimum absolute atomic E-state index is 0.0662. The van der Waals surface area contributed by atoms with Gasteiger partial charge >= 0.3 is 0 Å². The van der Waals surface area contributed by atoms with Gasteiger partial charge in [0.25, 0.3) is 0 Å². The molecule has 1 aliphatic heterocycles. The minimum atomic E-state index is -3.83. The number of carbonyl (C=O) groups excluding carboxylic acids is 1. The number of sulfone groups is 1. The Bertz CT molecular complexity index is 1030. The molecule has 144 valence electrons. The van der Waals surface area contributed by atoms with Crippen LogP contribution in [0.15, 0.2) is 64.4 Å². The predicted molar refractivity (Wildman–Crippen MR) is 102 cm³/mol. The lowest BCUT2D eigenvalue weighted by atomic mass is 10.2. The standard InChI is InChI=1S/C19H21NO5S2/c1-15(21)16-9-11-19(12-10-16)27(24,25)20-13-5-6-17(20)14-26(22,23)18-7-3-2-4-8-18/h2-4,7-12,17H,5-6,13-14H2,1H3. The summed E-state index contributed by atoms with van der Waals surface area (Å²) < 4.78 is 52.6. The van der Waals surface area contributed by atoms with Gasteiger partial charge in [0.2, 0.25) is 10.0 Å². The van der Waals surface area contributed by atoms with Gasteiger partial charge in [-0.2, -0.15) is 4.31 Å². The number of hydrogen-bond donors (Lipinski definition) is 0. The molecule has 0 radical (unpaired) electrons. The molecule has 0 spiro atoms. The minimum Gasteiger partial charge on any atom is -0.295 e. The zero-order valence-electron chi connectivity index (χ0n) is 14.9. The lowest BCUT2D eigenvalue weighted by molar-refractivity contribution is 0.101. The summed E-state index contributed by atoms with van der Waals surface area (Å²) in [5, 5.41) is 0. The van der Waals surface area contributed by atoms with Gasteiger partial charge in [-0.15, -0.1) is 0 Å². The van der Waals surface area contributed by atoms with Crippen LogP contribution in [0, 0.1) is 0 Å². The van der Waals surface area contributed by atoms with Crippen LogP contribution in [0.25, 0.3) is 0 Å². The third-order valence-corrected chi connectivity index (χ3v) is 8.48. The highest BCUT2D eigenvalue weighted by molar-refractivity contribution is 7.91. The summed E-state index contributed by atoms with van der Waals surface area (Å²) in [6.45, 7) is 1.69. The fourth-order valence-electron chi connectivity index (χ4n) is 3.27. The molecular formula is C19H21NO5S2. The van der Waals surface area contributed by atoms with Gasteiger partial charge in [-0.3, -0.25) is 4.79 Å². The molecule has 0 bridgehead atoms. The van der Waals surface area contributed by atoms with Crippen LogP contribution in [-0.4, -0.2) is 45.3 Å². The van der Waals surface area contributed by atoms with E-state index in [2.05, 4.69) is 0 Å². The van der Waals surface area contributed by atoms with Crippen molar-refractivity contribution in [1.82, 2.24) is 4.31 Å². The Kier molecular flexibility index (Phi) is 5.50. The zero-order chi connectivity index (χ0) is 19.7. The number of sulfonamides is 1. The summed E-state index contributed by atoms with van der Waals surface area (Å²) in [6, 6.07) is 13.2. The maximum atomic E-state index is 13.0. The van der Waals surface area contributed by atoms with Crippen LogP contribution >= 0.6 is 0 Å². The van der Waals surface area contributed by atoms with Gasteiger partial charge in [0.05, 0.1) is 15.5 Å². The molecule has 0 aliphatic carbocycles. The van der Waals surface area contributed by atoms with Crippen molar-refractivity contribution in [2.24, 2.45) is 0 Å². The zero-order valence-corrected chi connectivity index (χ0v) is 16.5. The first kappa shape index (κ1) is 19.7. The number of nitrogens with zero attached hydrogens (tertiary/aromatic N) is 1. The Balaban J connectivity index is 1.86. The quantitative estimate of drug-likeness (QED) is 0.687. The monoisotopic (exact) mass is 407 g/mol. The van der Waals surface area contributed by atoms with Crippen molar-refractivity contribution < 1.29 is 21.6 Å². The Morgan fingerprint density at radius 3 is 2.19 bits per heavy atom. The van der Waals surface area contributed by atoms with Crippen LogP contribution in [0.3, 0.4) is 0 Å². The van der Waals surface area contributed by atoms with Gasteiger partial charge in [-0.05, 0) is 44.0 Å². The highest BCUT2D eigenvalue weighted by Crippen LogP contribution is 2.28. The summed E-state index contributed by atoms with van der Waals surface area (Å²) in [4.78, 5) is 11.6. The van der Waals surface area contributed by atoms with Crippen LogP contribution < -0.4 is 0 Å². The summed E-state index contributed by atoms with van der Waals surface area (Å²) in [7, 11) is -7.42. The number of benzene rings is 2. The maximum Gasteiger partial charge on any atom is 0.243 e. The number of carbonyl (C=O) groups is 1. The lowest BCUT2D eigenvalue weighted by Gasteiger charge is -2.24. The number of Topliss-reactive ketones (excluding diaryl/α,β-unsaturated/α-hetero) is 1. The Morgan fingerprint density at radius 2 is 1.59 bits per heavy atom. The second-order valence-corrected chi connectivity index (χ2v) is 10.5. The van der Waals surface area contributed by atoms with E-state index in [-0.39, 0.29) is 27.9 Å². The van der Waals surface area contributed by atoms with Crippen molar-refractivity contribution in [3.05, 3.63) is 60.2 Å². The second kappa shape index (κ2) is 7.53. The molecule has 1 unspecified atom stereocenters. The van der Waals surface area contributed by atoms with Gasteiger partial charge in [-0.25, -0.2) is 16.8 Å².